The van der Waals surface area contributed by atoms with Crippen LogP contribution in [0.25, 0.3) is 22.1 Å². The van der Waals surface area contributed by atoms with Crippen molar-refractivity contribution in [3.63, 3.8) is 0 Å². The molecule has 4 aromatic rings. The second-order valence-corrected chi connectivity index (χ2v) is 8.90. The summed E-state index contributed by atoms with van der Waals surface area (Å²) in [6, 6.07) is 3.42. The summed E-state index contributed by atoms with van der Waals surface area (Å²) in [6.07, 6.45) is -1.95. The smallest absolute Gasteiger partial charge is 0.164 e. The highest BCUT2D eigenvalue weighted by Crippen LogP contribution is 2.33. The summed E-state index contributed by atoms with van der Waals surface area (Å²) >= 11 is 0. The molecule has 0 saturated carbocycles. The Labute approximate surface area is 214 Å². The molecule has 38 heavy (non-hydrogen) atoms. The molecule has 0 amide bonds. The van der Waals surface area contributed by atoms with E-state index in [4.69, 9.17) is 31.2 Å². The molecule has 8 atom stereocenters. The summed E-state index contributed by atoms with van der Waals surface area (Å²) in [6.45, 7) is -0.740. The zero-order chi connectivity index (χ0) is 27.1. The summed E-state index contributed by atoms with van der Waals surface area (Å²) in [5, 5.41) is 58.9. The molecular formula is C22H28N8O8. The van der Waals surface area contributed by atoms with Crippen LogP contribution in [0.4, 0.5) is 11.6 Å². The molecule has 10 N–H and O–H groups in total. The topological polar surface area (TPSA) is 253 Å². The molecule has 0 aromatic carbocycles. The van der Waals surface area contributed by atoms with Gasteiger partial charge in [-0.3, -0.25) is 0 Å². The third kappa shape index (κ3) is 4.32. The monoisotopic (exact) mass is 532 g/mol. The van der Waals surface area contributed by atoms with Gasteiger partial charge in [0.2, 0.25) is 0 Å². The zero-order valence-electron chi connectivity index (χ0n) is 19.8. The lowest BCUT2D eigenvalue weighted by Gasteiger charge is -2.17. The number of nitrogens with zero attached hydrogens (tertiary/aromatic N) is 6. The number of fused-ring (bicyclic) bond motifs is 2. The van der Waals surface area contributed by atoms with Gasteiger partial charge in [-0.15, -0.1) is 0 Å². The maximum Gasteiger partial charge on any atom is 0.164 e. The largest absolute Gasteiger partial charge is 0.394 e. The number of hydrogen-bond donors (Lipinski definition) is 8. The molecule has 0 spiro atoms. The van der Waals surface area contributed by atoms with Gasteiger partial charge in [-0.2, -0.15) is 0 Å². The predicted octanol–water partition coefficient (Wildman–Crippen LogP) is -2.75. The molecule has 16 heteroatoms. The molecule has 0 radical (unpaired) electrons. The number of aliphatic hydroxyl groups excluding tert-OH is 6. The van der Waals surface area contributed by atoms with Crippen LogP contribution in [-0.2, 0) is 9.47 Å². The number of rotatable bonds is 4. The summed E-state index contributed by atoms with van der Waals surface area (Å²) in [4.78, 5) is 15.9. The van der Waals surface area contributed by atoms with E-state index in [1.54, 1.807) is 33.7 Å². The Kier molecular flexibility index (Phi) is 7.12. The first-order chi connectivity index (χ1) is 18.3. The molecule has 2 aliphatic rings. The minimum atomic E-state index is -1.15. The molecule has 0 bridgehead atoms. The highest BCUT2D eigenvalue weighted by atomic mass is 16.6. The standard InChI is InChI=1S/2C11H14N4O4/c2*12-9-5-1-2-15(10(5)14-4-13-9)11-8(18)7(17)6(3-16)19-11/h2*1-2,4,6-8,11,16-18H,3H2,(H2,12,13,14)/t2*6-,7-,8-,11-/m11/s1. The Balaban J connectivity index is 0.000000155. The molecular weight excluding hydrogens is 504 g/mol. The van der Waals surface area contributed by atoms with E-state index in [0.29, 0.717) is 33.7 Å². The van der Waals surface area contributed by atoms with E-state index in [1.807, 2.05) is 0 Å². The van der Waals surface area contributed by atoms with Crippen molar-refractivity contribution in [1.82, 2.24) is 29.1 Å². The van der Waals surface area contributed by atoms with Crippen molar-refractivity contribution < 1.29 is 40.1 Å². The second-order valence-electron chi connectivity index (χ2n) is 8.90. The lowest BCUT2D eigenvalue weighted by Crippen LogP contribution is -2.33. The van der Waals surface area contributed by atoms with Crippen LogP contribution in [0, 0.1) is 0 Å². The minimum absolute atomic E-state index is 0.329. The molecule has 204 valence electrons. The third-order valence-electron chi connectivity index (χ3n) is 6.66. The van der Waals surface area contributed by atoms with E-state index in [1.165, 1.54) is 12.7 Å². The average Bonchev–Trinajstić information content (AvgIpc) is 3.67. The molecule has 16 nitrogen and oxygen atoms in total. The summed E-state index contributed by atoms with van der Waals surface area (Å²) < 4.78 is 14.0. The number of anilines is 2. The van der Waals surface area contributed by atoms with Gasteiger partial charge in [0.25, 0.3) is 0 Å². The van der Waals surface area contributed by atoms with Gasteiger partial charge in [0.15, 0.2) is 12.5 Å². The summed E-state index contributed by atoms with van der Waals surface area (Å²) in [5.41, 5.74) is 12.5. The van der Waals surface area contributed by atoms with Crippen molar-refractivity contribution in [2.45, 2.75) is 49.1 Å². The van der Waals surface area contributed by atoms with Crippen LogP contribution in [0.5, 0.6) is 0 Å². The van der Waals surface area contributed by atoms with Gasteiger partial charge in [0.05, 0.1) is 24.0 Å². The fraction of sp³-hybridized carbons (Fsp3) is 0.455. The van der Waals surface area contributed by atoms with E-state index in [-0.39, 0.29) is 13.2 Å². The third-order valence-corrected chi connectivity index (χ3v) is 6.66. The number of hydrogen-bond acceptors (Lipinski definition) is 14. The summed E-state index contributed by atoms with van der Waals surface area (Å²) in [7, 11) is 0. The van der Waals surface area contributed by atoms with Gasteiger partial charge in [-0.1, -0.05) is 0 Å². The molecule has 4 aromatic heterocycles. The second kappa shape index (κ2) is 10.4. The Morgan fingerprint density at radius 2 is 1.05 bits per heavy atom. The van der Waals surface area contributed by atoms with Gasteiger partial charge in [0, 0.05) is 12.4 Å². The molecule has 6 heterocycles. The molecule has 2 fully saturated rings. The maximum atomic E-state index is 9.98. The molecule has 2 saturated heterocycles. The number of aliphatic hydroxyl groups is 6. The van der Waals surface area contributed by atoms with E-state index in [0.717, 1.165) is 0 Å². The van der Waals surface area contributed by atoms with Crippen LogP contribution < -0.4 is 11.5 Å². The number of nitrogens with two attached hydrogens (primary N) is 2. The molecule has 6 rings (SSSR count). The van der Waals surface area contributed by atoms with Crippen LogP contribution in [0.15, 0.2) is 37.2 Å². The quantitative estimate of drug-likeness (QED) is 0.133. The highest BCUT2D eigenvalue weighted by Gasteiger charge is 2.44. The first kappa shape index (κ1) is 26.1. The Bertz CT molecular complexity index is 1310. The van der Waals surface area contributed by atoms with Gasteiger partial charge in [0.1, 0.15) is 72.2 Å². The van der Waals surface area contributed by atoms with Crippen molar-refractivity contribution in [2.24, 2.45) is 0 Å². The Hall–Kier alpha value is -3.48. The lowest BCUT2D eigenvalue weighted by atomic mass is 10.1. The van der Waals surface area contributed by atoms with Crippen molar-refractivity contribution in [3.8, 4) is 0 Å². The maximum absolute atomic E-state index is 9.98. The number of aromatic nitrogens is 6. The van der Waals surface area contributed by atoms with Crippen LogP contribution in [-0.4, -0.2) is 110 Å². The van der Waals surface area contributed by atoms with Crippen molar-refractivity contribution in [2.75, 3.05) is 24.7 Å². The number of nitrogen functional groups attached to an aromatic ring is 2. The zero-order valence-corrected chi connectivity index (χ0v) is 19.8. The van der Waals surface area contributed by atoms with Crippen LogP contribution in [0.1, 0.15) is 12.5 Å². The molecule has 2 aliphatic heterocycles. The fourth-order valence-electron chi connectivity index (χ4n) is 4.61. The Morgan fingerprint density at radius 3 is 1.39 bits per heavy atom. The average molecular weight is 533 g/mol. The van der Waals surface area contributed by atoms with E-state index in [9.17, 15) is 20.4 Å². The first-order valence-corrected chi connectivity index (χ1v) is 11.7. The normalized spacial score (nSPS) is 31.1. The van der Waals surface area contributed by atoms with Crippen molar-refractivity contribution in [3.05, 3.63) is 37.2 Å². The number of ether oxygens (including phenoxy) is 2. The fourth-order valence-corrected chi connectivity index (χ4v) is 4.61. The van der Waals surface area contributed by atoms with Crippen LogP contribution in [0.3, 0.4) is 0 Å². The van der Waals surface area contributed by atoms with Crippen molar-refractivity contribution in [1.29, 1.82) is 0 Å². The van der Waals surface area contributed by atoms with Crippen LogP contribution in [0.2, 0.25) is 0 Å². The first-order valence-electron chi connectivity index (χ1n) is 11.7. The Morgan fingerprint density at radius 1 is 0.658 bits per heavy atom. The lowest BCUT2D eigenvalue weighted by molar-refractivity contribution is -0.0508. The highest BCUT2D eigenvalue weighted by molar-refractivity contribution is 5.86. The molecule has 0 aliphatic carbocycles. The van der Waals surface area contributed by atoms with Gasteiger partial charge >= 0.3 is 0 Å². The van der Waals surface area contributed by atoms with E-state index >= 15 is 0 Å². The SMILES string of the molecule is Nc1ncnc2c1ccn2[C@@H]1O[C@H](CO)[C@@H](O)[C@H]1O.Nc1ncnc2c1ccn2[C@@H]1O[C@H](CO)[C@@H](O)[C@H]1O. The van der Waals surface area contributed by atoms with Crippen molar-refractivity contribution >= 4 is 33.7 Å². The van der Waals surface area contributed by atoms with Gasteiger partial charge in [-0.25, -0.2) is 19.9 Å². The minimum Gasteiger partial charge on any atom is -0.394 e. The molecule has 0 unspecified atom stereocenters. The van der Waals surface area contributed by atoms with Gasteiger partial charge in [-0.05, 0) is 12.1 Å². The van der Waals surface area contributed by atoms with Crippen LogP contribution >= 0.6 is 0 Å². The predicted molar refractivity (Wildman–Crippen MR) is 130 cm³/mol. The summed E-state index contributed by atoms with van der Waals surface area (Å²) in [5.74, 6) is 0.658. The van der Waals surface area contributed by atoms with E-state index in [2.05, 4.69) is 19.9 Å². The van der Waals surface area contributed by atoms with Gasteiger partial charge < -0.3 is 60.7 Å². The van der Waals surface area contributed by atoms with E-state index < -0.39 is 49.1 Å².